The lowest BCUT2D eigenvalue weighted by Gasteiger charge is -2.25. The van der Waals surface area contributed by atoms with Gasteiger partial charge in [-0.3, -0.25) is 9.36 Å². The fraction of sp³-hybridized carbons (Fsp3) is 0.269. The van der Waals surface area contributed by atoms with Crippen LogP contribution < -0.4 is 24.4 Å². The van der Waals surface area contributed by atoms with E-state index in [2.05, 4.69) is 4.99 Å². The summed E-state index contributed by atoms with van der Waals surface area (Å²) < 4.78 is 18.1. The average Bonchev–Trinajstić information content (AvgIpc) is 3.17. The van der Waals surface area contributed by atoms with Gasteiger partial charge in [0, 0.05) is 5.02 Å². The highest BCUT2D eigenvalue weighted by atomic mass is 35.5. The van der Waals surface area contributed by atoms with E-state index in [1.807, 2.05) is 0 Å². The zero-order chi connectivity index (χ0) is 26.0. The monoisotopic (exact) mass is 528 g/mol. The Morgan fingerprint density at radius 1 is 1.19 bits per heavy atom. The first-order valence-electron chi connectivity index (χ1n) is 11.2. The van der Waals surface area contributed by atoms with Crippen LogP contribution in [0.1, 0.15) is 31.0 Å². The van der Waals surface area contributed by atoms with E-state index in [1.54, 1.807) is 50.3 Å². The number of benzene rings is 2. The van der Waals surface area contributed by atoms with Crippen molar-refractivity contribution in [1.82, 2.24) is 4.57 Å². The molecule has 0 amide bonds. The van der Waals surface area contributed by atoms with Crippen molar-refractivity contribution in [3.63, 3.8) is 0 Å². The number of aromatic nitrogens is 1. The van der Waals surface area contributed by atoms with E-state index in [-0.39, 0.29) is 23.5 Å². The van der Waals surface area contributed by atoms with Crippen LogP contribution in [0.4, 0.5) is 0 Å². The molecule has 0 saturated heterocycles. The van der Waals surface area contributed by atoms with Gasteiger partial charge in [0.15, 0.2) is 16.3 Å². The molecule has 0 radical (unpaired) electrons. The number of halogens is 1. The summed E-state index contributed by atoms with van der Waals surface area (Å²) in [4.78, 5) is 31.7. The molecule has 1 aliphatic heterocycles. The highest BCUT2D eigenvalue weighted by Crippen LogP contribution is 2.36. The normalized spacial score (nSPS) is 15.4. The van der Waals surface area contributed by atoms with Crippen LogP contribution in [0.25, 0.3) is 6.08 Å². The van der Waals surface area contributed by atoms with Crippen LogP contribution in [0.15, 0.2) is 57.5 Å². The predicted molar refractivity (Wildman–Crippen MR) is 138 cm³/mol. The summed E-state index contributed by atoms with van der Waals surface area (Å²) in [5, 5.41) is 10.6. The Morgan fingerprint density at radius 3 is 2.64 bits per heavy atom. The molecule has 0 unspecified atom stereocenters. The van der Waals surface area contributed by atoms with Crippen LogP contribution >= 0.6 is 22.9 Å². The van der Waals surface area contributed by atoms with Crippen LogP contribution in [0.2, 0.25) is 5.02 Å². The van der Waals surface area contributed by atoms with Gasteiger partial charge < -0.3 is 19.3 Å². The minimum atomic E-state index is -0.776. The van der Waals surface area contributed by atoms with E-state index in [9.17, 15) is 14.7 Å². The number of ether oxygens (including phenoxy) is 3. The molecule has 1 atom stereocenters. The molecule has 1 aliphatic rings. The third-order valence-electron chi connectivity index (χ3n) is 5.79. The number of hydrogen-bond acceptors (Lipinski definition) is 8. The topological polar surface area (TPSA) is 99.4 Å². The summed E-state index contributed by atoms with van der Waals surface area (Å²) in [6.07, 6.45) is 2.02. The second kappa shape index (κ2) is 10.6. The fourth-order valence-electron chi connectivity index (χ4n) is 4.09. The summed E-state index contributed by atoms with van der Waals surface area (Å²) in [7, 11) is 3.05. The number of allylic oxidation sites excluding steroid dienone is 1. The van der Waals surface area contributed by atoms with E-state index < -0.39 is 12.0 Å². The Balaban J connectivity index is 1.90. The fourth-order valence-corrected chi connectivity index (χ4v) is 5.30. The van der Waals surface area contributed by atoms with Crippen molar-refractivity contribution in [3.05, 3.63) is 83.5 Å². The van der Waals surface area contributed by atoms with Crippen LogP contribution in [0, 0.1) is 0 Å². The number of esters is 1. The molecule has 2 aromatic carbocycles. The Labute approximate surface area is 216 Å². The van der Waals surface area contributed by atoms with E-state index in [0.29, 0.717) is 49.1 Å². The molecule has 4 rings (SSSR count). The molecule has 8 nitrogen and oxygen atoms in total. The van der Waals surface area contributed by atoms with Crippen molar-refractivity contribution in [1.29, 1.82) is 0 Å². The van der Waals surface area contributed by atoms with Gasteiger partial charge in [-0.1, -0.05) is 35.1 Å². The van der Waals surface area contributed by atoms with E-state index >= 15 is 0 Å². The van der Waals surface area contributed by atoms with Crippen molar-refractivity contribution >= 4 is 35.0 Å². The summed E-state index contributed by atoms with van der Waals surface area (Å²) in [5.41, 5.74) is 1.66. The number of nitrogens with zero attached hydrogens (tertiary/aromatic N) is 2. The van der Waals surface area contributed by atoms with Crippen LogP contribution in [-0.2, 0) is 16.0 Å². The Kier molecular flexibility index (Phi) is 7.51. The summed E-state index contributed by atoms with van der Waals surface area (Å²) in [5.74, 6) is 0.531. The van der Waals surface area contributed by atoms with Gasteiger partial charge in [-0.25, -0.2) is 9.79 Å². The van der Waals surface area contributed by atoms with Gasteiger partial charge in [0.05, 0.1) is 42.7 Å². The second-order valence-corrected chi connectivity index (χ2v) is 9.40. The van der Waals surface area contributed by atoms with Gasteiger partial charge in [0.1, 0.15) is 5.75 Å². The Bertz CT molecular complexity index is 1540. The maximum absolute atomic E-state index is 13.6. The molecule has 0 saturated carbocycles. The van der Waals surface area contributed by atoms with Gasteiger partial charge in [-0.15, -0.1) is 0 Å². The SMILES string of the molecule is CCOC(=O)C1=C(C)N=c2sc(=CCc3cc(Cl)ccc3O)c(=O)n2[C@H]1c1ccc(OC)c(OC)c1. The van der Waals surface area contributed by atoms with Crippen molar-refractivity contribution < 1.29 is 24.1 Å². The third kappa shape index (κ3) is 4.76. The molecule has 0 aliphatic carbocycles. The quantitative estimate of drug-likeness (QED) is 0.472. The molecule has 36 heavy (non-hydrogen) atoms. The summed E-state index contributed by atoms with van der Waals surface area (Å²) in [6.45, 7) is 3.63. The summed E-state index contributed by atoms with van der Waals surface area (Å²) in [6, 6.07) is 9.23. The van der Waals surface area contributed by atoms with E-state index in [4.69, 9.17) is 25.8 Å². The van der Waals surface area contributed by atoms with Gasteiger partial charge in [0.2, 0.25) is 0 Å². The van der Waals surface area contributed by atoms with Gasteiger partial charge in [-0.2, -0.15) is 0 Å². The lowest BCUT2D eigenvalue weighted by atomic mass is 9.95. The number of carbonyl (C=O) groups excluding carboxylic acids is 1. The number of phenols is 1. The van der Waals surface area contributed by atoms with Crippen molar-refractivity contribution in [2.75, 3.05) is 20.8 Å². The van der Waals surface area contributed by atoms with Gasteiger partial charge >= 0.3 is 5.97 Å². The molecule has 2 heterocycles. The minimum Gasteiger partial charge on any atom is -0.508 e. The highest BCUT2D eigenvalue weighted by molar-refractivity contribution is 7.07. The van der Waals surface area contributed by atoms with E-state index in [1.165, 1.54) is 36.2 Å². The highest BCUT2D eigenvalue weighted by Gasteiger charge is 2.33. The second-order valence-electron chi connectivity index (χ2n) is 7.95. The molecule has 188 valence electrons. The standard InChI is InChI=1S/C26H25ClN2O6S/c1-5-35-25(32)22-14(2)28-26-29(23(22)16-6-10-19(33-3)20(13-16)34-4)24(31)21(36-26)11-7-15-12-17(27)8-9-18(15)30/h6,8-13,23,30H,5,7H2,1-4H3/t23-/m0/s1. The minimum absolute atomic E-state index is 0.0899. The number of carbonyl (C=O) groups is 1. The molecular formula is C26H25ClN2O6S. The van der Waals surface area contributed by atoms with Crippen LogP contribution in [0.3, 0.4) is 0 Å². The molecule has 1 aromatic heterocycles. The zero-order valence-electron chi connectivity index (χ0n) is 20.2. The van der Waals surface area contributed by atoms with Crippen LogP contribution in [-0.4, -0.2) is 36.5 Å². The molecule has 0 bridgehead atoms. The first-order valence-corrected chi connectivity index (χ1v) is 12.4. The maximum Gasteiger partial charge on any atom is 0.338 e. The number of thiazole rings is 1. The largest absolute Gasteiger partial charge is 0.508 e. The Hall–Kier alpha value is -3.56. The molecule has 1 N–H and O–H groups in total. The number of aromatic hydroxyl groups is 1. The van der Waals surface area contributed by atoms with Gasteiger partial charge in [-0.05, 0) is 61.7 Å². The predicted octanol–water partition coefficient (Wildman–Crippen LogP) is 3.37. The summed E-state index contributed by atoms with van der Waals surface area (Å²) >= 11 is 7.27. The lowest BCUT2D eigenvalue weighted by Crippen LogP contribution is -2.40. The molecule has 0 fully saturated rings. The Morgan fingerprint density at radius 2 is 1.94 bits per heavy atom. The first kappa shape index (κ1) is 25.5. The van der Waals surface area contributed by atoms with Crippen molar-refractivity contribution in [2.45, 2.75) is 26.3 Å². The molecule has 3 aromatic rings. The average molecular weight is 529 g/mol. The number of rotatable bonds is 7. The lowest BCUT2D eigenvalue weighted by molar-refractivity contribution is -0.139. The number of hydrogen-bond donors (Lipinski definition) is 1. The van der Waals surface area contributed by atoms with Crippen LogP contribution in [0.5, 0.6) is 17.2 Å². The van der Waals surface area contributed by atoms with Gasteiger partial charge in [0.25, 0.3) is 5.56 Å². The molecule has 0 spiro atoms. The maximum atomic E-state index is 13.6. The molecule has 10 heteroatoms. The number of fused-ring (bicyclic) bond motifs is 1. The van der Waals surface area contributed by atoms with Crippen molar-refractivity contribution in [2.24, 2.45) is 4.99 Å². The number of methoxy groups -OCH3 is 2. The molecular weight excluding hydrogens is 504 g/mol. The van der Waals surface area contributed by atoms with Crippen molar-refractivity contribution in [3.8, 4) is 17.2 Å². The first-order chi connectivity index (χ1) is 17.3. The third-order valence-corrected chi connectivity index (χ3v) is 7.06. The number of phenolic OH excluding ortho intramolecular Hbond substituents is 1. The van der Waals surface area contributed by atoms with E-state index in [0.717, 1.165) is 0 Å². The zero-order valence-corrected chi connectivity index (χ0v) is 21.8. The smallest absolute Gasteiger partial charge is 0.338 e.